The van der Waals surface area contributed by atoms with E-state index in [1.165, 1.54) is 6.08 Å². The molecule has 0 saturated heterocycles. The van der Waals surface area contributed by atoms with E-state index in [0.717, 1.165) is 5.56 Å². The maximum atomic E-state index is 12.4. The summed E-state index contributed by atoms with van der Waals surface area (Å²) in [6, 6.07) is 9.34. The monoisotopic (exact) mass is 356 g/mol. The van der Waals surface area contributed by atoms with Crippen LogP contribution < -0.4 is 5.32 Å². The van der Waals surface area contributed by atoms with E-state index < -0.39 is 5.91 Å². The lowest BCUT2D eigenvalue weighted by Crippen LogP contribution is -2.13. The zero-order valence-corrected chi connectivity index (χ0v) is 15.6. The average Bonchev–Trinajstić information content (AvgIpc) is 2.78. The Hall–Kier alpha value is -2.58. The van der Waals surface area contributed by atoms with Gasteiger partial charge in [0, 0.05) is 17.8 Å². The average molecular weight is 357 g/mol. The Morgan fingerprint density at radius 3 is 2.76 bits per heavy atom. The summed E-state index contributed by atoms with van der Waals surface area (Å²) in [5.74, 6) is -0.0890. The van der Waals surface area contributed by atoms with E-state index in [2.05, 4.69) is 24.3 Å². The van der Waals surface area contributed by atoms with Gasteiger partial charge < -0.3 is 5.32 Å². The van der Waals surface area contributed by atoms with Crippen molar-refractivity contribution in [2.24, 2.45) is 5.92 Å². The number of aryl methyl sites for hydroxylation is 2. The number of hydrogen-bond acceptors (Lipinski definition) is 3. The fraction of sp³-hybridized carbons (Fsp3) is 0.316. The molecule has 1 aromatic carbocycles. The second kappa shape index (κ2) is 8.00. The number of anilines is 1. The largest absolute Gasteiger partial charge is 0.321 e. The van der Waals surface area contributed by atoms with E-state index in [1.807, 2.05) is 38.1 Å². The predicted octanol–water partition coefficient (Wildman–Crippen LogP) is 4.36. The normalized spacial score (nSPS) is 11.5. The van der Waals surface area contributed by atoms with E-state index in [-0.39, 0.29) is 5.57 Å². The van der Waals surface area contributed by atoms with E-state index in [1.54, 1.807) is 10.7 Å². The molecule has 0 aliphatic rings. The van der Waals surface area contributed by atoms with Gasteiger partial charge in [-0.3, -0.25) is 9.48 Å². The number of carbonyl (C=O) groups is 1. The third kappa shape index (κ3) is 4.71. The Kier molecular flexibility index (Phi) is 6.00. The van der Waals surface area contributed by atoms with Gasteiger partial charge in [0.25, 0.3) is 5.91 Å². The Balaban J connectivity index is 2.30. The third-order valence-corrected chi connectivity index (χ3v) is 3.98. The number of nitrogens with one attached hydrogen (secondary N) is 1. The molecule has 130 valence electrons. The minimum absolute atomic E-state index is 0.0180. The van der Waals surface area contributed by atoms with Gasteiger partial charge in [0.05, 0.1) is 5.69 Å². The summed E-state index contributed by atoms with van der Waals surface area (Å²) in [7, 11) is 0. The van der Waals surface area contributed by atoms with Crippen LogP contribution in [0.3, 0.4) is 0 Å². The van der Waals surface area contributed by atoms with Gasteiger partial charge in [-0.25, -0.2) is 0 Å². The predicted molar refractivity (Wildman–Crippen MR) is 100 cm³/mol. The lowest BCUT2D eigenvalue weighted by molar-refractivity contribution is -0.112. The molecule has 0 aliphatic carbocycles. The van der Waals surface area contributed by atoms with Gasteiger partial charge in [0.2, 0.25) is 0 Å². The second-order valence-electron chi connectivity index (χ2n) is 6.36. The van der Waals surface area contributed by atoms with Crippen molar-refractivity contribution in [1.82, 2.24) is 9.78 Å². The van der Waals surface area contributed by atoms with Gasteiger partial charge in [-0.05, 0) is 43.5 Å². The number of benzene rings is 1. The summed E-state index contributed by atoms with van der Waals surface area (Å²) in [5.41, 5.74) is 2.93. The van der Waals surface area contributed by atoms with Gasteiger partial charge in [-0.1, -0.05) is 37.6 Å². The van der Waals surface area contributed by atoms with Crippen LogP contribution in [0.15, 0.2) is 29.8 Å². The first-order valence-electron chi connectivity index (χ1n) is 8.04. The van der Waals surface area contributed by atoms with Gasteiger partial charge in [0.1, 0.15) is 16.8 Å². The van der Waals surface area contributed by atoms with Crippen LogP contribution in [-0.4, -0.2) is 15.7 Å². The molecule has 1 amide bonds. The quantitative estimate of drug-likeness (QED) is 0.639. The summed E-state index contributed by atoms with van der Waals surface area (Å²) < 4.78 is 1.70. The Bertz CT molecular complexity index is 859. The van der Waals surface area contributed by atoms with E-state index in [9.17, 15) is 10.1 Å². The van der Waals surface area contributed by atoms with Crippen molar-refractivity contribution < 1.29 is 4.79 Å². The lowest BCUT2D eigenvalue weighted by Gasteiger charge is -2.06. The zero-order chi connectivity index (χ0) is 18.6. The molecular formula is C19H21ClN4O. The second-order valence-corrected chi connectivity index (χ2v) is 6.72. The standard InChI is InChI=1S/C19H21ClN4O/c1-12(2)11-24-18(20)17(14(4)23-24)9-15(10-21)19(25)22-16-7-5-6-13(3)8-16/h5-9,12H,11H2,1-4H3,(H,22,25)/b15-9+. The molecule has 2 rings (SSSR count). The Morgan fingerprint density at radius 2 is 2.16 bits per heavy atom. The summed E-state index contributed by atoms with van der Waals surface area (Å²) in [4.78, 5) is 12.4. The highest BCUT2D eigenvalue weighted by atomic mass is 35.5. The molecule has 0 atom stereocenters. The maximum Gasteiger partial charge on any atom is 0.266 e. The van der Waals surface area contributed by atoms with Crippen LogP contribution in [0, 0.1) is 31.1 Å². The summed E-state index contributed by atoms with van der Waals surface area (Å²) in [5, 5.41) is 16.9. The van der Waals surface area contributed by atoms with E-state index in [4.69, 9.17) is 11.6 Å². The fourth-order valence-corrected chi connectivity index (χ4v) is 2.71. The molecule has 2 aromatic rings. The van der Waals surface area contributed by atoms with Crippen LogP contribution in [-0.2, 0) is 11.3 Å². The first-order valence-corrected chi connectivity index (χ1v) is 8.42. The number of halogens is 1. The van der Waals surface area contributed by atoms with Crippen molar-refractivity contribution in [2.45, 2.75) is 34.2 Å². The van der Waals surface area contributed by atoms with Crippen LogP contribution in [0.25, 0.3) is 6.08 Å². The number of hydrogen-bond donors (Lipinski definition) is 1. The molecule has 0 radical (unpaired) electrons. The highest BCUT2D eigenvalue weighted by molar-refractivity contribution is 6.31. The molecule has 0 saturated carbocycles. The summed E-state index contributed by atoms with van der Waals surface area (Å²) in [6.07, 6.45) is 1.49. The molecule has 1 aromatic heterocycles. The Labute approximate surface area is 152 Å². The number of nitriles is 1. The van der Waals surface area contributed by atoms with Crippen LogP contribution in [0.5, 0.6) is 0 Å². The van der Waals surface area contributed by atoms with Crippen molar-refractivity contribution in [3.63, 3.8) is 0 Å². The summed E-state index contributed by atoms with van der Waals surface area (Å²) in [6.45, 7) is 8.55. The molecule has 0 bridgehead atoms. The number of amides is 1. The van der Waals surface area contributed by atoms with Crippen LogP contribution >= 0.6 is 11.6 Å². The number of rotatable bonds is 5. The third-order valence-electron chi connectivity index (χ3n) is 3.58. The highest BCUT2D eigenvalue weighted by Gasteiger charge is 2.16. The van der Waals surface area contributed by atoms with Crippen LogP contribution in [0.1, 0.15) is 30.7 Å². The molecule has 1 heterocycles. The van der Waals surface area contributed by atoms with Crippen molar-refractivity contribution >= 4 is 29.3 Å². The van der Waals surface area contributed by atoms with E-state index >= 15 is 0 Å². The number of nitrogens with zero attached hydrogens (tertiary/aromatic N) is 3. The van der Waals surface area contributed by atoms with Crippen molar-refractivity contribution in [1.29, 1.82) is 5.26 Å². The topological polar surface area (TPSA) is 70.7 Å². The lowest BCUT2D eigenvalue weighted by atomic mass is 10.1. The number of aromatic nitrogens is 2. The van der Waals surface area contributed by atoms with E-state index in [0.29, 0.717) is 34.6 Å². The molecule has 1 N–H and O–H groups in total. The van der Waals surface area contributed by atoms with Gasteiger partial charge in [-0.2, -0.15) is 10.4 Å². The first kappa shape index (κ1) is 18.8. The van der Waals surface area contributed by atoms with Gasteiger partial charge in [0.15, 0.2) is 0 Å². The SMILES string of the molecule is Cc1cccc(NC(=O)/C(C#N)=C/c2c(C)nn(CC(C)C)c2Cl)c1. The fourth-order valence-electron chi connectivity index (χ4n) is 2.41. The molecule has 0 spiro atoms. The first-order chi connectivity index (χ1) is 11.8. The van der Waals surface area contributed by atoms with Crippen molar-refractivity contribution in [2.75, 3.05) is 5.32 Å². The highest BCUT2D eigenvalue weighted by Crippen LogP contribution is 2.24. The minimum Gasteiger partial charge on any atom is -0.321 e. The zero-order valence-electron chi connectivity index (χ0n) is 14.8. The summed E-state index contributed by atoms with van der Waals surface area (Å²) >= 11 is 6.38. The molecule has 0 unspecified atom stereocenters. The molecule has 0 fully saturated rings. The molecule has 0 aliphatic heterocycles. The maximum absolute atomic E-state index is 12.4. The molecule has 25 heavy (non-hydrogen) atoms. The molecular weight excluding hydrogens is 336 g/mol. The number of carbonyl (C=O) groups excluding carboxylic acids is 1. The van der Waals surface area contributed by atoms with Gasteiger partial charge >= 0.3 is 0 Å². The molecule has 6 heteroatoms. The van der Waals surface area contributed by atoms with Crippen LogP contribution in [0.2, 0.25) is 5.15 Å². The molecule has 5 nitrogen and oxygen atoms in total. The minimum atomic E-state index is -0.472. The smallest absolute Gasteiger partial charge is 0.266 e. The van der Waals surface area contributed by atoms with Crippen molar-refractivity contribution in [3.05, 3.63) is 51.8 Å². The Morgan fingerprint density at radius 1 is 1.44 bits per heavy atom. The van der Waals surface area contributed by atoms with Gasteiger partial charge in [-0.15, -0.1) is 0 Å². The van der Waals surface area contributed by atoms with Crippen molar-refractivity contribution in [3.8, 4) is 6.07 Å². The van der Waals surface area contributed by atoms with Crippen LogP contribution in [0.4, 0.5) is 5.69 Å².